The van der Waals surface area contributed by atoms with E-state index in [0.717, 1.165) is 11.3 Å². The first-order valence-electron chi connectivity index (χ1n) is 7.69. The second-order valence-corrected chi connectivity index (χ2v) is 8.07. The average Bonchev–Trinajstić information content (AvgIpc) is 3.27. The normalized spacial score (nSPS) is 10.5. The molecule has 134 valence electrons. The van der Waals surface area contributed by atoms with Crippen LogP contribution in [-0.4, -0.2) is 33.3 Å². The molecule has 6 nitrogen and oxygen atoms in total. The SMILES string of the molecule is Cc1ccc(-c2csc(NC(=O)CSCC(=O)Nc3nccs3)n2)cc1. The van der Waals surface area contributed by atoms with Gasteiger partial charge in [0.1, 0.15) is 0 Å². The monoisotopic (exact) mass is 404 g/mol. The second-order valence-electron chi connectivity index (χ2n) is 5.33. The van der Waals surface area contributed by atoms with Gasteiger partial charge in [-0.15, -0.1) is 34.4 Å². The molecule has 0 aliphatic heterocycles. The first-order valence-corrected chi connectivity index (χ1v) is 10.6. The van der Waals surface area contributed by atoms with Crippen molar-refractivity contribution in [3.63, 3.8) is 0 Å². The number of benzene rings is 1. The average molecular weight is 405 g/mol. The number of nitrogens with one attached hydrogen (secondary N) is 2. The number of rotatable bonds is 7. The molecule has 0 bridgehead atoms. The Morgan fingerprint density at radius 3 is 2.38 bits per heavy atom. The van der Waals surface area contributed by atoms with Crippen LogP contribution in [0.25, 0.3) is 11.3 Å². The Kier molecular flexibility index (Phi) is 6.37. The van der Waals surface area contributed by atoms with Gasteiger partial charge in [-0.3, -0.25) is 9.59 Å². The van der Waals surface area contributed by atoms with Crippen molar-refractivity contribution in [2.24, 2.45) is 0 Å². The number of aryl methyl sites for hydroxylation is 1. The molecule has 2 aromatic heterocycles. The van der Waals surface area contributed by atoms with E-state index in [1.165, 1.54) is 40.0 Å². The number of hydrogen-bond acceptors (Lipinski definition) is 7. The van der Waals surface area contributed by atoms with Gasteiger partial charge in [0.15, 0.2) is 10.3 Å². The molecule has 0 aliphatic rings. The van der Waals surface area contributed by atoms with E-state index < -0.39 is 0 Å². The standard InChI is InChI=1S/C17H16N4O2S3/c1-11-2-4-12(5-3-11)13-8-26-17(19-13)21-15(23)10-24-9-14(22)20-16-18-6-7-25-16/h2-8H,9-10H2,1H3,(H,18,20,22)(H,19,21,23). The quantitative estimate of drug-likeness (QED) is 0.624. The lowest BCUT2D eigenvalue weighted by atomic mass is 10.1. The van der Waals surface area contributed by atoms with E-state index in [-0.39, 0.29) is 23.3 Å². The molecule has 0 aliphatic carbocycles. The van der Waals surface area contributed by atoms with Crippen molar-refractivity contribution < 1.29 is 9.59 Å². The Morgan fingerprint density at radius 1 is 1.04 bits per heavy atom. The van der Waals surface area contributed by atoms with Gasteiger partial charge in [-0.1, -0.05) is 29.8 Å². The highest BCUT2D eigenvalue weighted by molar-refractivity contribution is 8.00. The smallest absolute Gasteiger partial charge is 0.236 e. The summed E-state index contributed by atoms with van der Waals surface area (Å²) in [5.74, 6) is 0.0278. The van der Waals surface area contributed by atoms with E-state index in [0.29, 0.717) is 10.3 Å². The lowest BCUT2D eigenvalue weighted by Gasteiger charge is -2.02. The third kappa shape index (κ3) is 5.38. The highest BCUT2D eigenvalue weighted by atomic mass is 32.2. The van der Waals surface area contributed by atoms with Gasteiger partial charge in [-0.25, -0.2) is 9.97 Å². The predicted molar refractivity (Wildman–Crippen MR) is 109 cm³/mol. The minimum absolute atomic E-state index is 0.173. The van der Waals surface area contributed by atoms with E-state index in [2.05, 4.69) is 20.6 Å². The lowest BCUT2D eigenvalue weighted by molar-refractivity contribution is -0.114. The molecule has 0 atom stereocenters. The van der Waals surface area contributed by atoms with Gasteiger partial charge in [0, 0.05) is 22.5 Å². The van der Waals surface area contributed by atoms with Gasteiger partial charge in [0.05, 0.1) is 17.2 Å². The number of hydrogen-bond donors (Lipinski definition) is 2. The van der Waals surface area contributed by atoms with Gasteiger partial charge >= 0.3 is 0 Å². The molecule has 3 aromatic rings. The maximum absolute atomic E-state index is 12.0. The molecule has 0 spiro atoms. The summed E-state index contributed by atoms with van der Waals surface area (Å²) in [4.78, 5) is 32.1. The molecule has 0 saturated carbocycles. The number of anilines is 2. The van der Waals surface area contributed by atoms with Gasteiger partial charge in [0.2, 0.25) is 11.8 Å². The van der Waals surface area contributed by atoms with E-state index in [1.54, 1.807) is 11.6 Å². The summed E-state index contributed by atoms with van der Waals surface area (Å²) in [5, 5.41) is 10.3. The van der Waals surface area contributed by atoms with Crippen molar-refractivity contribution in [1.82, 2.24) is 9.97 Å². The highest BCUT2D eigenvalue weighted by Gasteiger charge is 2.10. The van der Waals surface area contributed by atoms with Gasteiger partial charge < -0.3 is 10.6 Å². The number of nitrogens with zero attached hydrogens (tertiary/aromatic N) is 2. The third-order valence-electron chi connectivity index (χ3n) is 3.24. The summed E-state index contributed by atoms with van der Waals surface area (Å²) in [7, 11) is 0. The Bertz CT molecular complexity index is 876. The summed E-state index contributed by atoms with van der Waals surface area (Å²) < 4.78 is 0. The van der Waals surface area contributed by atoms with E-state index in [4.69, 9.17) is 0 Å². The zero-order valence-corrected chi connectivity index (χ0v) is 16.3. The van der Waals surface area contributed by atoms with Crippen molar-refractivity contribution >= 4 is 56.5 Å². The van der Waals surface area contributed by atoms with Crippen molar-refractivity contribution in [2.75, 3.05) is 22.1 Å². The van der Waals surface area contributed by atoms with Crippen LogP contribution in [0.15, 0.2) is 41.2 Å². The lowest BCUT2D eigenvalue weighted by Crippen LogP contribution is -2.18. The molecular weight excluding hydrogens is 388 g/mol. The molecular formula is C17H16N4O2S3. The largest absolute Gasteiger partial charge is 0.301 e. The van der Waals surface area contributed by atoms with Crippen LogP contribution in [0.5, 0.6) is 0 Å². The van der Waals surface area contributed by atoms with Crippen LogP contribution >= 0.6 is 34.4 Å². The fraction of sp³-hybridized carbons (Fsp3) is 0.176. The maximum Gasteiger partial charge on any atom is 0.236 e. The van der Waals surface area contributed by atoms with Crippen LogP contribution in [0.3, 0.4) is 0 Å². The van der Waals surface area contributed by atoms with Crippen LogP contribution in [0.2, 0.25) is 0 Å². The van der Waals surface area contributed by atoms with Gasteiger partial charge in [0.25, 0.3) is 0 Å². The molecule has 0 saturated heterocycles. The maximum atomic E-state index is 12.0. The van der Waals surface area contributed by atoms with Crippen molar-refractivity contribution in [3.8, 4) is 11.3 Å². The first kappa shape index (κ1) is 18.6. The summed E-state index contributed by atoms with van der Waals surface area (Å²) in [6, 6.07) is 8.07. The summed E-state index contributed by atoms with van der Waals surface area (Å²) in [6.07, 6.45) is 1.62. The number of carbonyl (C=O) groups is 2. The summed E-state index contributed by atoms with van der Waals surface area (Å²) >= 11 is 3.98. The van der Waals surface area contributed by atoms with Crippen molar-refractivity contribution in [2.45, 2.75) is 6.92 Å². The number of aromatic nitrogens is 2. The molecule has 0 unspecified atom stereocenters. The molecule has 9 heteroatoms. The molecule has 0 fully saturated rings. The molecule has 2 N–H and O–H groups in total. The zero-order chi connectivity index (χ0) is 18.4. The van der Waals surface area contributed by atoms with Crippen LogP contribution in [0.4, 0.5) is 10.3 Å². The van der Waals surface area contributed by atoms with Crippen molar-refractivity contribution in [3.05, 3.63) is 46.8 Å². The zero-order valence-electron chi connectivity index (χ0n) is 13.9. The Hall–Kier alpha value is -2.23. The Balaban J connectivity index is 1.43. The van der Waals surface area contributed by atoms with Crippen LogP contribution in [0, 0.1) is 6.92 Å². The topological polar surface area (TPSA) is 84.0 Å². The fourth-order valence-corrected chi connectivity index (χ4v) is 3.92. The molecule has 0 radical (unpaired) electrons. The van der Waals surface area contributed by atoms with E-state index in [9.17, 15) is 9.59 Å². The second kappa shape index (κ2) is 8.93. The first-order chi connectivity index (χ1) is 12.6. The molecule has 1 aromatic carbocycles. The molecule has 26 heavy (non-hydrogen) atoms. The minimum atomic E-state index is -0.179. The Labute approximate surface area is 163 Å². The number of carbonyl (C=O) groups excluding carboxylic acids is 2. The number of amides is 2. The minimum Gasteiger partial charge on any atom is -0.301 e. The Morgan fingerprint density at radius 2 is 1.73 bits per heavy atom. The van der Waals surface area contributed by atoms with E-state index in [1.807, 2.05) is 36.6 Å². The fourth-order valence-electron chi connectivity index (χ4n) is 2.02. The van der Waals surface area contributed by atoms with E-state index >= 15 is 0 Å². The molecule has 3 rings (SSSR count). The number of thioether (sulfide) groups is 1. The van der Waals surface area contributed by atoms with Gasteiger partial charge in [-0.05, 0) is 6.92 Å². The van der Waals surface area contributed by atoms with Crippen LogP contribution in [-0.2, 0) is 9.59 Å². The number of thiazole rings is 2. The third-order valence-corrected chi connectivity index (χ3v) is 5.62. The highest BCUT2D eigenvalue weighted by Crippen LogP contribution is 2.25. The van der Waals surface area contributed by atoms with Crippen LogP contribution < -0.4 is 10.6 Å². The molecule has 2 amide bonds. The predicted octanol–water partition coefficient (Wildman–Crippen LogP) is 3.89. The van der Waals surface area contributed by atoms with Crippen LogP contribution in [0.1, 0.15) is 5.56 Å². The van der Waals surface area contributed by atoms with Gasteiger partial charge in [-0.2, -0.15) is 0 Å². The van der Waals surface area contributed by atoms with Crippen molar-refractivity contribution in [1.29, 1.82) is 0 Å². The molecule has 2 heterocycles. The summed E-state index contributed by atoms with van der Waals surface area (Å²) in [6.45, 7) is 2.03. The summed E-state index contributed by atoms with van der Waals surface area (Å²) in [5.41, 5.74) is 3.04.